The molecule has 5 rings (SSSR count). The van der Waals surface area contributed by atoms with Crippen molar-refractivity contribution in [3.05, 3.63) is 72.6 Å². The van der Waals surface area contributed by atoms with Crippen LogP contribution in [0.4, 0.5) is 0 Å². The van der Waals surface area contributed by atoms with Crippen molar-refractivity contribution in [1.82, 2.24) is 4.57 Å². The van der Waals surface area contributed by atoms with Gasteiger partial charge in [0.2, 0.25) is 5.52 Å². The molecule has 26 heavy (non-hydrogen) atoms. The van der Waals surface area contributed by atoms with Crippen LogP contribution in [0.3, 0.4) is 0 Å². The molecule has 2 nitrogen and oxygen atoms in total. The molecular formula is C24H23N2+. The summed E-state index contributed by atoms with van der Waals surface area (Å²) in [7, 11) is 0. The first kappa shape index (κ1) is 15.4. The molecule has 0 atom stereocenters. The summed E-state index contributed by atoms with van der Waals surface area (Å²) < 4.78 is 4.78. The SMILES string of the molecule is Cc1ccc2c3c(ccc4c5ccccc5n(CC(C)C)c43)cc[n+]2c1. The Morgan fingerprint density at radius 3 is 2.62 bits per heavy atom. The summed E-state index contributed by atoms with van der Waals surface area (Å²) in [4.78, 5) is 0. The highest BCUT2D eigenvalue weighted by Crippen LogP contribution is 2.35. The molecule has 0 aliphatic carbocycles. The van der Waals surface area contributed by atoms with Gasteiger partial charge in [0.25, 0.3) is 0 Å². The zero-order chi connectivity index (χ0) is 17.8. The van der Waals surface area contributed by atoms with Gasteiger partial charge in [0, 0.05) is 40.5 Å². The van der Waals surface area contributed by atoms with E-state index in [0.29, 0.717) is 5.92 Å². The van der Waals surface area contributed by atoms with Crippen LogP contribution in [-0.2, 0) is 6.54 Å². The van der Waals surface area contributed by atoms with Gasteiger partial charge in [-0.3, -0.25) is 0 Å². The zero-order valence-electron chi connectivity index (χ0n) is 15.5. The fourth-order valence-electron chi connectivity index (χ4n) is 4.25. The fraction of sp³-hybridized carbons (Fsp3) is 0.208. The van der Waals surface area contributed by atoms with Gasteiger partial charge in [-0.05, 0) is 30.4 Å². The van der Waals surface area contributed by atoms with Crippen molar-refractivity contribution in [3.8, 4) is 0 Å². The number of pyridine rings is 2. The van der Waals surface area contributed by atoms with E-state index in [2.05, 4.69) is 96.7 Å². The summed E-state index contributed by atoms with van der Waals surface area (Å²) in [5.41, 5.74) is 5.24. The van der Waals surface area contributed by atoms with E-state index in [1.165, 1.54) is 43.7 Å². The number of aromatic nitrogens is 2. The Morgan fingerprint density at radius 1 is 0.923 bits per heavy atom. The van der Waals surface area contributed by atoms with Crippen LogP contribution in [0.2, 0.25) is 0 Å². The smallest absolute Gasteiger partial charge is 0.220 e. The first-order valence-corrected chi connectivity index (χ1v) is 9.38. The fourth-order valence-corrected chi connectivity index (χ4v) is 4.25. The van der Waals surface area contributed by atoms with Crippen LogP contribution >= 0.6 is 0 Å². The number of hydrogen-bond donors (Lipinski definition) is 0. The number of fused-ring (bicyclic) bond motifs is 7. The van der Waals surface area contributed by atoms with Gasteiger partial charge in [-0.1, -0.05) is 44.2 Å². The Balaban J connectivity index is 2.07. The van der Waals surface area contributed by atoms with Crippen LogP contribution in [0, 0.1) is 12.8 Å². The summed E-state index contributed by atoms with van der Waals surface area (Å²) in [6.45, 7) is 7.76. The summed E-state index contributed by atoms with van der Waals surface area (Å²) in [5, 5.41) is 5.35. The summed E-state index contributed by atoms with van der Waals surface area (Å²) in [5.74, 6) is 0.592. The predicted molar refractivity (Wildman–Crippen MR) is 110 cm³/mol. The lowest BCUT2D eigenvalue weighted by Crippen LogP contribution is -2.21. The van der Waals surface area contributed by atoms with Crippen LogP contribution in [0.1, 0.15) is 19.4 Å². The topological polar surface area (TPSA) is 9.03 Å². The van der Waals surface area contributed by atoms with E-state index in [1.807, 2.05) is 0 Å². The highest BCUT2D eigenvalue weighted by Gasteiger charge is 2.18. The Labute approximate surface area is 153 Å². The Kier molecular flexibility index (Phi) is 3.30. The molecule has 0 radical (unpaired) electrons. The summed E-state index contributed by atoms with van der Waals surface area (Å²) >= 11 is 0. The number of para-hydroxylation sites is 1. The maximum Gasteiger partial charge on any atom is 0.220 e. The molecular weight excluding hydrogens is 316 g/mol. The van der Waals surface area contributed by atoms with E-state index in [-0.39, 0.29) is 0 Å². The molecule has 0 aliphatic rings. The number of rotatable bonds is 2. The van der Waals surface area contributed by atoms with Crippen molar-refractivity contribution in [2.75, 3.05) is 0 Å². The highest BCUT2D eigenvalue weighted by atomic mass is 15.0. The summed E-state index contributed by atoms with van der Waals surface area (Å²) in [6.07, 6.45) is 4.38. The van der Waals surface area contributed by atoms with Crippen molar-refractivity contribution >= 4 is 38.1 Å². The minimum absolute atomic E-state index is 0.592. The van der Waals surface area contributed by atoms with Gasteiger partial charge in [0.05, 0.1) is 10.9 Å². The van der Waals surface area contributed by atoms with Crippen LogP contribution in [0.25, 0.3) is 38.1 Å². The highest BCUT2D eigenvalue weighted by molar-refractivity contribution is 6.20. The third-order valence-electron chi connectivity index (χ3n) is 5.31. The van der Waals surface area contributed by atoms with E-state index in [0.717, 1.165) is 6.54 Å². The number of benzene rings is 2. The largest absolute Gasteiger partial charge is 0.340 e. The van der Waals surface area contributed by atoms with Gasteiger partial charge in [-0.15, -0.1) is 0 Å². The molecule has 5 aromatic rings. The molecule has 3 heterocycles. The Morgan fingerprint density at radius 2 is 1.77 bits per heavy atom. The lowest BCUT2D eigenvalue weighted by molar-refractivity contribution is -0.511. The molecule has 0 saturated carbocycles. The molecule has 128 valence electrons. The second-order valence-corrected chi connectivity index (χ2v) is 7.76. The lowest BCUT2D eigenvalue weighted by Gasteiger charge is -2.12. The predicted octanol–water partition coefficient (Wildman–Crippen LogP) is 5.65. The average Bonchev–Trinajstić information content (AvgIpc) is 2.95. The number of hydrogen-bond acceptors (Lipinski definition) is 0. The molecule has 0 unspecified atom stereocenters. The summed E-state index contributed by atoms with van der Waals surface area (Å²) in [6, 6.07) is 20.1. The van der Waals surface area contributed by atoms with Crippen molar-refractivity contribution in [3.63, 3.8) is 0 Å². The molecule has 3 aromatic heterocycles. The van der Waals surface area contributed by atoms with Gasteiger partial charge >= 0.3 is 0 Å². The van der Waals surface area contributed by atoms with Crippen molar-refractivity contribution in [1.29, 1.82) is 0 Å². The molecule has 0 fully saturated rings. The van der Waals surface area contributed by atoms with Crippen molar-refractivity contribution in [2.24, 2.45) is 5.92 Å². The lowest BCUT2D eigenvalue weighted by atomic mass is 10.0. The molecule has 0 spiro atoms. The molecule has 2 heteroatoms. The number of nitrogens with zero attached hydrogens (tertiary/aromatic N) is 2. The monoisotopic (exact) mass is 339 g/mol. The van der Waals surface area contributed by atoms with Crippen LogP contribution in [0.5, 0.6) is 0 Å². The third kappa shape index (κ3) is 2.15. The molecule has 0 amide bonds. The van der Waals surface area contributed by atoms with Gasteiger partial charge < -0.3 is 4.57 Å². The van der Waals surface area contributed by atoms with Crippen molar-refractivity contribution in [2.45, 2.75) is 27.3 Å². The van der Waals surface area contributed by atoms with Gasteiger partial charge in [0.1, 0.15) is 0 Å². The van der Waals surface area contributed by atoms with E-state index in [9.17, 15) is 0 Å². The van der Waals surface area contributed by atoms with E-state index >= 15 is 0 Å². The maximum atomic E-state index is 2.53. The van der Waals surface area contributed by atoms with Crippen LogP contribution < -0.4 is 4.40 Å². The second-order valence-electron chi connectivity index (χ2n) is 7.76. The average molecular weight is 339 g/mol. The molecule has 0 saturated heterocycles. The van der Waals surface area contributed by atoms with Gasteiger partial charge in [0.15, 0.2) is 12.4 Å². The normalized spacial score (nSPS) is 12.2. The number of aryl methyl sites for hydroxylation is 1. The van der Waals surface area contributed by atoms with E-state index in [4.69, 9.17) is 0 Å². The molecule has 0 aliphatic heterocycles. The third-order valence-corrected chi connectivity index (χ3v) is 5.31. The van der Waals surface area contributed by atoms with E-state index in [1.54, 1.807) is 0 Å². The molecule has 2 aromatic carbocycles. The Hall–Kier alpha value is -2.87. The van der Waals surface area contributed by atoms with Crippen LogP contribution in [-0.4, -0.2) is 4.57 Å². The zero-order valence-corrected chi connectivity index (χ0v) is 15.5. The quantitative estimate of drug-likeness (QED) is 0.290. The maximum absolute atomic E-state index is 2.53. The second kappa shape index (κ2) is 5.57. The van der Waals surface area contributed by atoms with E-state index < -0.39 is 0 Å². The first-order chi connectivity index (χ1) is 12.6. The minimum Gasteiger partial charge on any atom is -0.340 e. The van der Waals surface area contributed by atoms with Crippen molar-refractivity contribution < 1.29 is 4.40 Å². The van der Waals surface area contributed by atoms with Gasteiger partial charge in [-0.25, -0.2) is 0 Å². The molecule has 0 bridgehead atoms. The Bertz CT molecular complexity index is 1290. The standard InChI is InChI=1S/C24H23N2/c1-16(2)14-26-21-7-5-4-6-19(21)20-10-9-18-12-13-25-15-17(3)8-11-22(25)23(18)24(20)26/h4-13,15-16H,14H2,1-3H3/q+1. The van der Waals surface area contributed by atoms with Crippen LogP contribution in [0.15, 0.2) is 67.0 Å². The minimum atomic E-state index is 0.592. The van der Waals surface area contributed by atoms with Gasteiger partial charge in [-0.2, -0.15) is 4.40 Å². The molecule has 0 N–H and O–H groups in total. The first-order valence-electron chi connectivity index (χ1n) is 9.38.